The van der Waals surface area contributed by atoms with E-state index >= 15 is 0 Å². The van der Waals surface area contributed by atoms with E-state index in [9.17, 15) is 14.4 Å². The number of β-amino-alcohol motifs (C(OH)–C–C–N with tert-alkyl or cyclic N) is 1. The number of carbonyl (C=O) groups excluding carboxylic acids is 3. The zero-order valence-electron chi connectivity index (χ0n) is 17.7. The Morgan fingerprint density at radius 1 is 1.06 bits per heavy atom. The number of hydrogen-bond donors (Lipinski definition) is 3. The molecule has 0 saturated carbocycles. The molecule has 162 valence electrons. The molecule has 0 atom stereocenters. The van der Waals surface area contributed by atoms with Crippen molar-refractivity contribution in [3.63, 3.8) is 0 Å². The standard InChI is InChI=1S/C23H25N3O5/c1-14-10-15(2)12-18(11-14)25-21(28)16-4-6-17(7-5-16)24-20-19(23(30)31-3)13-26(8-9-27)22(20)29/h4-7,10-12,24,27H,8-9,13H2,1-3H3,(H,25,28). The first-order chi connectivity index (χ1) is 14.8. The second-order valence-corrected chi connectivity index (χ2v) is 7.33. The summed E-state index contributed by atoms with van der Waals surface area (Å²) in [4.78, 5) is 38.6. The molecule has 8 heteroatoms. The molecule has 0 unspecified atom stereocenters. The van der Waals surface area contributed by atoms with E-state index in [-0.39, 0.29) is 36.9 Å². The summed E-state index contributed by atoms with van der Waals surface area (Å²) in [5.74, 6) is -1.26. The quantitative estimate of drug-likeness (QED) is 0.590. The van der Waals surface area contributed by atoms with E-state index < -0.39 is 11.9 Å². The number of aliphatic hydroxyl groups is 1. The van der Waals surface area contributed by atoms with E-state index in [1.54, 1.807) is 24.3 Å². The average molecular weight is 423 g/mol. The van der Waals surface area contributed by atoms with Crippen LogP contribution in [-0.4, -0.2) is 54.6 Å². The van der Waals surface area contributed by atoms with Crippen LogP contribution in [0.1, 0.15) is 21.5 Å². The van der Waals surface area contributed by atoms with Gasteiger partial charge in [-0.25, -0.2) is 4.79 Å². The molecule has 0 spiro atoms. The van der Waals surface area contributed by atoms with Crippen molar-refractivity contribution in [3.8, 4) is 0 Å². The first-order valence-electron chi connectivity index (χ1n) is 9.80. The van der Waals surface area contributed by atoms with Crippen LogP contribution >= 0.6 is 0 Å². The molecule has 1 heterocycles. The van der Waals surface area contributed by atoms with E-state index in [1.165, 1.54) is 12.0 Å². The van der Waals surface area contributed by atoms with Crippen molar-refractivity contribution in [2.75, 3.05) is 37.4 Å². The fraction of sp³-hybridized carbons (Fsp3) is 0.261. The van der Waals surface area contributed by atoms with Gasteiger partial charge in [-0.15, -0.1) is 0 Å². The molecule has 0 radical (unpaired) electrons. The zero-order chi connectivity index (χ0) is 22.5. The van der Waals surface area contributed by atoms with Gasteiger partial charge in [0.2, 0.25) is 0 Å². The largest absolute Gasteiger partial charge is 0.466 e. The highest BCUT2D eigenvalue weighted by molar-refractivity contribution is 6.09. The third-order valence-electron chi connectivity index (χ3n) is 4.85. The minimum Gasteiger partial charge on any atom is -0.466 e. The molecule has 3 N–H and O–H groups in total. The summed E-state index contributed by atoms with van der Waals surface area (Å²) in [6.07, 6.45) is 0. The fourth-order valence-corrected chi connectivity index (χ4v) is 3.45. The third kappa shape index (κ3) is 5.10. The van der Waals surface area contributed by atoms with Gasteiger partial charge in [-0.3, -0.25) is 9.59 Å². The van der Waals surface area contributed by atoms with Crippen molar-refractivity contribution < 1.29 is 24.2 Å². The van der Waals surface area contributed by atoms with E-state index in [4.69, 9.17) is 9.84 Å². The van der Waals surface area contributed by atoms with Crippen LogP contribution in [0, 0.1) is 13.8 Å². The van der Waals surface area contributed by atoms with Gasteiger partial charge in [0.25, 0.3) is 11.8 Å². The van der Waals surface area contributed by atoms with Crippen molar-refractivity contribution in [1.82, 2.24) is 4.90 Å². The average Bonchev–Trinajstić information content (AvgIpc) is 3.03. The Morgan fingerprint density at radius 2 is 1.71 bits per heavy atom. The number of nitrogens with one attached hydrogen (secondary N) is 2. The summed E-state index contributed by atoms with van der Waals surface area (Å²) in [5.41, 5.74) is 4.12. The van der Waals surface area contributed by atoms with Gasteiger partial charge in [0.05, 0.1) is 25.8 Å². The van der Waals surface area contributed by atoms with Crippen molar-refractivity contribution in [2.24, 2.45) is 0 Å². The number of nitrogens with zero attached hydrogens (tertiary/aromatic N) is 1. The molecule has 0 aliphatic carbocycles. The maximum absolute atomic E-state index is 12.6. The number of aryl methyl sites for hydroxylation is 2. The van der Waals surface area contributed by atoms with Gasteiger partial charge in [0.15, 0.2) is 0 Å². The summed E-state index contributed by atoms with van der Waals surface area (Å²) in [5, 5.41) is 15.0. The topological polar surface area (TPSA) is 108 Å². The molecule has 31 heavy (non-hydrogen) atoms. The van der Waals surface area contributed by atoms with Gasteiger partial charge >= 0.3 is 5.97 Å². The highest BCUT2D eigenvalue weighted by atomic mass is 16.5. The van der Waals surface area contributed by atoms with Crippen LogP contribution in [0.2, 0.25) is 0 Å². The number of hydrogen-bond acceptors (Lipinski definition) is 6. The molecule has 3 rings (SSSR count). The Bertz CT molecular complexity index is 1020. The molecular weight excluding hydrogens is 398 g/mol. The molecule has 8 nitrogen and oxygen atoms in total. The normalized spacial score (nSPS) is 13.4. The smallest absolute Gasteiger partial charge is 0.337 e. The summed E-state index contributed by atoms with van der Waals surface area (Å²) in [6.45, 7) is 3.89. The third-order valence-corrected chi connectivity index (χ3v) is 4.85. The lowest BCUT2D eigenvalue weighted by Gasteiger charge is -2.15. The number of rotatable bonds is 7. The number of aliphatic hydroxyl groups excluding tert-OH is 1. The predicted octanol–water partition coefficient (Wildman–Crippen LogP) is 2.23. The lowest BCUT2D eigenvalue weighted by atomic mass is 10.1. The molecule has 2 amide bonds. The number of ether oxygens (including phenoxy) is 1. The highest BCUT2D eigenvalue weighted by Crippen LogP contribution is 2.23. The van der Waals surface area contributed by atoms with Crippen LogP contribution < -0.4 is 10.6 Å². The zero-order valence-corrected chi connectivity index (χ0v) is 17.7. The Hall–Kier alpha value is -3.65. The molecule has 0 fully saturated rings. The van der Waals surface area contributed by atoms with Crippen LogP contribution in [0.3, 0.4) is 0 Å². The number of esters is 1. The second-order valence-electron chi connectivity index (χ2n) is 7.33. The monoisotopic (exact) mass is 423 g/mol. The van der Waals surface area contributed by atoms with E-state index in [0.29, 0.717) is 11.3 Å². The molecular formula is C23H25N3O5. The number of amides is 2. The maximum atomic E-state index is 12.6. The Balaban J connectivity index is 1.75. The molecule has 1 aliphatic heterocycles. The van der Waals surface area contributed by atoms with Gasteiger partial charge in [-0.05, 0) is 61.4 Å². The van der Waals surface area contributed by atoms with E-state index in [0.717, 1.165) is 16.8 Å². The van der Waals surface area contributed by atoms with Gasteiger partial charge in [-0.1, -0.05) is 6.07 Å². The fourth-order valence-electron chi connectivity index (χ4n) is 3.45. The van der Waals surface area contributed by atoms with Gasteiger partial charge in [-0.2, -0.15) is 0 Å². The Labute approximate surface area is 180 Å². The Morgan fingerprint density at radius 3 is 2.29 bits per heavy atom. The summed E-state index contributed by atoms with van der Waals surface area (Å²) < 4.78 is 4.77. The number of anilines is 2. The van der Waals surface area contributed by atoms with Crippen molar-refractivity contribution in [3.05, 3.63) is 70.4 Å². The summed E-state index contributed by atoms with van der Waals surface area (Å²) in [6, 6.07) is 12.4. The number of carbonyl (C=O) groups is 3. The second kappa shape index (κ2) is 9.44. The molecule has 0 saturated heterocycles. The minimum absolute atomic E-state index is 0.0603. The van der Waals surface area contributed by atoms with Crippen LogP contribution in [0.4, 0.5) is 11.4 Å². The van der Waals surface area contributed by atoms with Crippen LogP contribution in [0.5, 0.6) is 0 Å². The van der Waals surface area contributed by atoms with Crippen molar-refractivity contribution in [1.29, 1.82) is 0 Å². The number of methoxy groups -OCH3 is 1. The SMILES string of the molecule is COC(=O)C1=C(Nc2ccc(C(=O)Nc3cc(C)cc(C)c3)cc2)C(=O)N(CCO)C1. The highest BCUT2D eigenvalue weighted by Gasteiger charge is 2.34. The molecule has 2 aromatic rings. The van der Waals surface area contributed by atoms with Gasteiger partial charge in [0.1, 0.15) is 5.70 Å². The molecule has 1 aliphatic rings. The van der Waals surface area contributed by atoms with Crippen LogP contribution in [0.15, 0.2) is 53.7 Å². The number of benzene rings is 2. The Kier molecular flexibility index (Phi) is 6.71. The van der Waals surface area contributed by atoms with Crippen LogP contribution in [-0.2, 0) is 14.3 Å². The van der Waals surface area contributed by atoms with Gasteiger partial charge in [0, 0.05) is 23.5 Å². The van der Waals surface area contributed by atoms with E-state index in [1.807, 2.05) is 32.0 Å². The molecule has 2 aromatic carbocycles. The molecule has 0 aromatic heterocycles. The maximum Gasteiger partial charge on any atom is 0.337 e. The lowest BCUT2D eigenvalue weighted by Crippen LogP contribution is -2.31. The van der Waals surface area contributed by atoms with Crippen molar-refractivity contribution >= 4 is 29.2 Å². The van der Waals surface area contributed by atoms with E-state index in [2.05, 4.69) is 10.6 Å². The molecule has 0 bridgehead atoms. The first-order valence-corrected chi connectivity index (χ1v) is 9.80. The van der Waals surface area contributed by atoms with Crippen LogP contribution in [0.25, 0.3) is 0 Å². The summed E-state index contributed by atoms with van der Waals surface area (Å²) in [7, 11) is 1.25. The first kappa shape index (κ1) is 22.0. The van der Waals surface area contributed by atoms with Crippen molar-refractivity contribution in [2.45, 2.75) is 13.8 Å². The summed E-state index contributed by atoms with van der Waals surface area (Å²) >= 11 is 0. The van der Waals surface area contributed by atoms with Gasteiger partial charge < -0.3 is 25.4 Å². The minimum atomic E-state index is -0.610. The lowest BCUT2D eigenvalue weighted by molar-refractivity contribution is -0.136. The predicted molar refractivity (Wildman–Crippen MR) is 117 cm³/mol.